The lowest BCUT2D eigenvalue weighted by molar-refractivity contribution is -0.384. The molecule has 0 aliphatic carbocycles. The van der Waals surface area contributed by atoms with Crippen LogP contribution in [-0.2, 0) is 6.54 Å². The molecular formula is C13H11ClN2O3. The highest BCUT2D eigenvalue weighted by molar-refractivity contribution is 6.32. The van der Waals surface area contributed by atoms with Crippen molar-refractivity contribution in [3.63, 3.8) is 0 Å². The number of nitrogens with zero attached hydrogens (tertiary/aromatic N) is 1. The zero-order valence-electron chi connectivity index (χ0n) is 9.84. The smallest absolute Gasteiger partial charge is 0.269 e. The molecule has 0 heterocycles. The highest BCUT2D eigenvalue weighted by Crippen LogP contribution is 2.27. The molecule has 0 saturated carbocycles. The number of nitro groups is 1. The molecule has 98 valence electrons. The maximum absolute atomic E-state index is 10.5. The van der Waals surface area contributed by atoms with Gasteiger partial charge in [0.15, 0.2) is 0 Å². The third-order valence-electron chi connectivity index (χ3n) is 2.63. The Hall–Kier alpha value is -2.27. The van der Waals surface area contributed by atoms with Crippen LogP contribution in [0.15, 0.2) is 42.5 Å². The maximum atomic E-state index is 10.5. The van der Waals surface area contributed by atoms with Crippen molar-refractivity contribution >= 4 is 23.0 Å². The monoisotopic (exact) mass is 278 g/mol. The van der Waals surface area contributed by atoms with Crippen LogP contribution >= 0.6 is 11.6 Å². The Morgan fingerprint density at radius 3 is 2.53 bits per heavy atom. The van der Waals surface area contributed by atoms with Gasteiger partial charge >= 0.3 is 0 Å². The summed E-state index contributed by atoms with van der Waals surface area (Å²) in [5, 5.41) is 23.6. The molecular weight excluding hydrogens is 268 g/mol. The molecule has 6 heteroatoms. The molecule has 0 amide bonds. The van der Waals surface area contributed by atoms with Gasteiger partial charge in [0.25, 0.3) is 5.69 Å². The molecule has 2 N–H and O–H groups in total. The molecule has 19 heavy (non-hydrogen) atoms. The molecule has 0 aliphatic rings. The first-order valence-electron chi connectivity index (χ1n) is 5.52. The van der Waals surface area contributed by atoms with Crippen LogP contribution in [0, 0.1) is 10.1 Å². The first-order valence-corrected chi connectivity index (χ1v) is 5.90. The van der Waals surface area contributed by atoms with E-state index < -0.39 is 4.92 Å². The fourth-order valence-electron chi connectivity index (χ4n) is 1.60. The van der Waals surface area contributed by atoms with Gasteiger partial charge in [-0.05, 0) is 18.2 Å². The van der Waals surface area contributed by atoms with Gasteiger partial charge in [-0.3, -0.25) is 10.1 Å². The number of halogens is 1. The van der Waals surface area contributed by atoms with Crippen molar-refractivity contribution in [3.8, 4) is 5.75 Å². The van der Waals surface area contributed by atoms with Crippen LogP contribution in [0.3, 0.4) is 0 Å². The number of rotatable bonds is 4. The second kappa shape index (κ2) is 5.58. The minimum absolute atomic E-state index is 0.0381. The second-order valence-corrected chi connectivity index (χ2v) is 4.31. The molecule has 2 rings (SSSR count). The summed E-state index contributed by atoms with van der Waals surface area (Å²) in [6.45, 7) is 0.379. The summed E-state index contributed by atoms with van der Waals surface area (Å²) in [6.07, 6.45) is 0. The molecule has 0 radical (unpaired) electrons. The lowest BCUT2D eigenvalue weighted by Gasteiger charge is -2.08. The number of non-ortho nitro benzene ring substituents is 1. The molecule has 5 nitrogen and oxygen atoms in total. The van der Waals surface area contributed by atoms with Crippen LogP contribution in [0.2, 0.25) is 5.02 Å². The topological polar surface area (TPSA) is 75.4 Å². The van der Waals surface area contributed by atoms with Crippen molar-refractivity contribution < 1.29 is 10.0 Å². The summed E-state index contributed by atoms with van der Waals surface area (Å²) in [5.74, 6) is 0.0404. The Balaban J connectivity index is 2.06. The minimum Gasteiger partial charge on any atom is -0.506 e. The number of nitro benzene ring substituents is 1. The molecule has 2 aromatic rings. The summed E-state index contributed by atoms with van der Waals surface area (Å²) >= 11 is 5.80. The summed E-state index contributed by atoms with van der Waals surface area (Å²) in [6, 6.07) is 11.2. The van der Waals surface area contributed by atoms with Crippen LogP contribution in [0.25, 0.3) is 0 Å². The van der Waals surface area contributed by atoms with E-state index in [0.29, 0.717) is 17.1 Å². The van der Waals surface area contributed by atoms with Crippen molar-refractivity contribution in [2.24, 2.45) is 0 Å². The molecule has 0 aliphatic heterocycles. The molecule has 0 spiro atoms. The number of para-hydroxylation sites is 1. The number of hydrogen-bond donors (Lipinski definition) is 2. The first-order chi connectivity index (χ1) is 9.08. The predicted octanol–water partition coefficient (Wildman–Crippen LogP) is 3.57. The van der Waals surface area contributed by atoms with E-state index in [4.69, 9.17) is 11.6 Å². The Labute approximate surface area is 114 Å². The molecule has 0 saturated heterocycles. The largest absolute Gasteiger partial charge is 0.506 e. The average molecular weight is 279 g/mol. The van der Waals surface area contributed by atoms with Crippen LogP contribution in [0.1, 0.15) is 5.56 Å². The van der Waals surface area contributed by atoms with E-state index >= 15 is 0 Å². The second-order valence-electron chi connectivity index (χ2n) is 3.91. The van der Waals surface area contributed by atoms with Crippen molar-refractivity contribution in [2.75, 3.05) is 5.32 Å². The SMILES string of the molecule is O=[N+]([O-])c1ccc(NCc2cccc(Cl)c2O)cc1. The Morgan fingerprint density at radius 1 is 1.21 bits per heavy atom. The van der Waals surface area contributed by atoms with Gasteiger partial charge in [0, 0.05) is 29.9 Å². The summed E-state index contributed by atoms with van der Waals surface area (Å²) in [7, 11) is 0. The quantitative estimate of drug-likeness (QED) is 0.662. The number of benzene rings is 2. The standard InChI is InChI=1S/C13H11ClN2O3/c14-12-3-1-2-9(13(12)17)8-15-10-4-6-11(7-5-10)16(18)19/h1-7,15,17H,8H2. The minimum atomic E-state index is -0.452. The van der Waals surface area contributed by atoms with Crippen LogP contribution in [0.5, 0.6) is 5.75 Å². The fraction of sp³-hybridized carbons (Fsp3) is 0.0769. The lowest BCUT2D eigenvalue weighted by Crippen LogP contribution is -2.00. The molecule has 0 unspecified atom stereocenters. The molecule has 2 aromatic carbocycles. The number of phenolic OH excluding ortho intramolecular Hbond substituents is 1. The Morgan fingerprint density at radius 2 is 1.89 bits per heavy atom. The maximum Gasteiger partial charge on any atom is 0.269 e. The van der Waals surface area contributed by atoms with Crippen LogP contribution in [0.4, 0.5) is 11.4 Å². The molecule has 0 aromatic heterocycles. The number of nitrogens with one attached hydrogen (secondary N) is 1. The first kappa shape index (κ1) is 13.2. The van der Waals surface area contributed by atoms with Crippen molar-refractivity contribution in [3.05, 3.63) is 63.2 Å². The van der Waals surface area contributed by atoms with Gasteiger partial charge < -0.3 is 10.4 Å². The lowest BCUT2D eigenvalue weighted by atomic mass is 10.2. The van der Waals surface area contributed by atoms with Crippen LogP contribution < -0.4 is 5.32 Å². The third kappa shape index (κ3) is 3.14. The number of aromatic hydroxyl groups is 1. The molecule has 0 bridgehead atoms. The van der Waals surface area contributed by atoms with E-state index in [1.807, 2.05) is 0 Å². The Bertz CT molecular complexity index is 599. The summed E-state index contributed by atoms with van der Waals surface area (Å²) in [5.41, 5.74) is 1.42. The van der Waals surface area contributed by atoms with Gasteiger partial charge in [0.05, 0.1) is 9.95 Å². The third-order valence-corrected chi connectivity index (χ3v) is 2.94. The Kier molecular flexibility index (Phi) is 3.87. The van der Waals surface area contributed by atoms with Crippen LogP contribution in [-0.4, -0.2) is 10.0 Å². The predicted molar refractivity (Wildman–Crippen MR) is 73.5 cm³/mol. The van der Waals surface area contributed by atoms with Gasteiger partial charge in [-0.25, -0.2) is 0 Å². The number of anilines is 1. The molecule has 0 fully saturated rings. The van der Waals surface area contributed by atoms with Gasteiger partial charge in [-0.1, -0.05) is 23.7 Å². The van der Waals surface area contributed by atoms with Crippen molar-refractivity contribution in [1.82, 2.24) is 0 Å². The fourth-order valence-corrected chi connectivity index (χ4v) is 1.80. The highest BCUT2D eigenvalue weighted by Gasteiger charge is 2.06. The summed E-state index contributed by atoms with van der Waals surface area (Å²) < 4.78 is 0. The summed E-state index contributed by atoms with van der Waals surface area (Å²) in [4.78, 5) is 10.1. The van der Waals surface area contributed by atoms with E-state index in [0.717, 1.165) is 5.69 Å². The van der Waals surface area contributed by atoms with E-state index in [-0.39, 0.29) is 11.4 Å². The molecule has 0 atom stereocenters. The normalized spacial score (nSPS) is 10.2. The number of phenols is 1. The van der Waals surface area contributed by atoms with E-state index in [1.165, 1.54) is 12.1 Å². The zero-order valence-corrected chi connectivity index (χ0v) is 10.6. The van der Waals surface area contributed by atoms with E-state index in [1.54, 1.807) is 30.3 Å². The van der Waals surface area contributed by atoms with Crippen molar-refractivity contribution in [2.45, 2.75) is 6.54 Å². The highest BCUT2D eigenvalue weighted by atomic mass is 35.5. The van der Waals surface area contributed by atoms with E-state index in [9.17, 15) is 15.2 Å². The average Bonchev–Trinajstić information content (AvgIpc) is 2.41. The van der Waals surface area contributed by atoms with Crippen molar-refractivity contribution in [1.29, 1.82) is 0 Å². The number of hydrogen-bond acceptors (Lipinski definition) is 4. The van der Waals surface area contributed by atoms with Gasteiger partial charge in [-0.2, -0.15) is 0 Å². The van der Waals surface area contributed by atoms with Gasteiger partial charge in [0.2, 0.25) is 0 Å². The van der Waals surface area contributed by atoms with Gasteiger partial charge in [-0.15, -0.1) is 0 Å². The van der Waals surface area contributed by atoms with Gasteiger partial charge in [0.1, 0.15) is 5.75 Å². The van der Waals surface area contributed by atoms with E-state index in [2.05, 4.69) is 5.32 Å². The zero-order chi connectivity index (χ0) is 13.8.